The lowest BCUT2D eigenvalue weighted by molar-refractivity contribution is -0.137. The highest BCUT2D eigenvalue weighted by molar-refractivity contribution is 6.30. The zero-order valence-electron chi connectivity index (χ0n) is 16.2. The van der Waals surface area contributed by atoms with Gasteiger partial charge in [0.2, 0.25) is 5.91 Å². The fraction of sp³-hybridized carbons (Fsp3) is 0.174. The maximum Gasteiger partial charge on any atom is 0.416 e. The summed E-state index contributed by atoms with van der Waals surface area (Å²) < 4.78 is 39.0. The highest BCUT2D eigenvalue weighted by Gasteiger charge is 2.31. The molecule has 0 radical (unpaired) electrons. The Bertz CT molecular complexity index is 991. The van der Waals surface area contributed by atoms with Gasteiger partial charge in [-0.2, -0.15) is 13.2 Å². The first kappa shape index (κ1) is 21.9. The van der Waals surface area contributed by atoms with Gasteiger partial charge in [-0.25, -0.2) is 0 Å². The molecule has 156 valence electrons. The summed E-state index contributed by atoms with van der Waals surface area (Å²) in [5.74, 6) is -0.419. The van der Waals surface area contributed by atoms with E-state index in [1.807, 2.05) is 47.4 Å². The fourth-order valence-corrected chi connectivity index (χ4v) is 3.32. The maximum absolute atomic E-state index is 13.1. The molecule has 7 heteroatoms. The van der Waals surface area contributed by atoms with Gasteiger partial charge in [-0.15, -0.1) is 0 Å². The average Bonchev–Trinajstić information content (AvgIpc) is 2.70. The number of carbonyl (C=O) groups is 1. The summed E-state index contributed by atoms with van der Waals surface area (Å²) >= 11 is 5.93. The number of amides is 1. The van der Waals surface area contributed by atoms with Crippen molar-refractivity contribution in [2.24, 2.45) is 0 Å². The number of hydrogen-bond acceptors (Lipinski definition) is 2. The molecule has 0 aliphatic heterocycles. The molecule has 1 N–H and O–H groups in total. The summed E-state index contributed by atoms with van der Waals surface area (Å²) in [7, 11) is 1.79. The fourth-order valence-electron chi connectivity index (χ4n) is 3.19. The van der Waals surface area contributed by atoms with Crippen LogP contribution >= 0.6 is 11.6 Å². The van der Waals surface area contributed by atoms with Crippen molar-refractivity contribution >= 4 is 23.2 Å². The normalized spacial score (nSPS) is 12.6. The molecule has 3 rings (SSSR count). The molecule has 3 aromatic carbocycles. The molecule has 0 saturated carbocycles. The van der Waals surface area contributed by atoms with Gasteiger partial charge in [0.05, 0.1) is 5.56 Å². The lowest BCUT2D eigenvalue weighted by atomic mass is 10.0. The third-order valence-corrected chi connectivity index (χ3v) is 4.86. The van der Waals surface area contributed by atoms with Crippen molar-refractivity contribution in [3.63, 3.8) is 0 Å². The van der Waals surface area contributed by atoms with E-state index >= 15 is 0 Å². The minimum Gasteiger partial charge on any atom is -0.324 e. The van der Waals surface area contributed by atoms with Crippen molar-refractivity contribution < 1.29 is 18.0 Å². The number of nitrogens with zero attached hydrogens (tertiary/aromatic N) is 1. The van der Waals surface area contributed by atoms with Gasteiger partial charge in [0.15, 0.2) is 0 Å². The Morgan fingerprint density at radius 3 is 2.30 bits per heavy atom. The molecule has 1 amide bonds. The minimum atomic E-state index is -4.48. The number of anilines is 1. The second kappa shape index (κ2) is 9.32. The lowest BCUT2D eigenvalue weighted by Crippen LogP contribution is -2.34. The van der Waals surface area contributed by atoms with Gasteiger partial charge in [-0.05, 0) is 48.5 Å². The molecule has 0 bridgehead atoms. The highest BCUT2D eigenvalue weighted by atomic mass is 35.5. The Morgan fingerprint density at radius 2 is 1.67 bits per heavy atom. The highest BCUT2D eigenvalue weighted by Crippen LogP contribution is 2.31. The largest absolute Gasteiger partial charge is 0.416 e. The quantitative estimate of drug-likeness (QED) is 0.505. The van der Waals surface area contributed by atoms with E-state index in [4.69, 9.17) is 11.6 Å². The van der Waals surface area contributed by atoms with Gasteiger partial charge in [-0.1, -0.05) is 60.1 Å². The Hall–Kier alpha value is -2.83. The second-order valence-electron chi connectivity index (χ2n) is 6.92. The molecular formula is C23H20ClF3N2O. The van der Waals surface area contributed by atoms with Crippen LogP contribution in [0.2, 0.25) is 5.02 Å². The summed E-state index contributed by atoms with van der Waals surface area (Å²) in [5.41, 5.74) is 0.967. The van der Waals surface area contributed by atoms with E-state index in [1.54, 1.807) is 19.2 Å². The van der Waals surface area contributed by atoms with Crippen molar-refractivity contribution in [1.82, 2.24) is 4.90 Å². The van der Waals surface area contributed by atoms with Crippen molar-refractivity contribution in [3.05, 3.63) is 101 Å². The van der Waals surface area contributed by atoms with Crippen LogP contribution in [0.25, 0.3) is 0 Å². The monoisotopic (exact) mass is 432 g/mol. The Labute approximate surface area is 178 Å². The number of alkyl halides is 3. The zero-order chi connectivity index (χ0) is 21.7. The third-order valence-electron chi connectivity index (χ3n) is 4.61. The lowest BCUT2D eigenvalue weighted by Gasteiger charge is -2.28. The summed E-state index contributed by atoms with van der Waals surface area (Å²) in [6, 6.07) is 20.3. The predicted molar refractivity (Wildman–Crippen MR) is 112 cm³/mol. The topological polar surface area (TPSA) is 32.3 Å². The molecule has 1 unspecified atom stereocenters. The summed E-state index contributed by atoms with van der Waals surface area (Å²) in [6.07, 6.45) is -4.48. The van der Waals surface area contributed by atoms with Crippen LogP contribution in [-0.2, 0) is 17.5 Å². The molecule has 3 aromatic rings. The molecule has 1 atom stereocenters. The van der Waals surface area contributed by atoms with Crippen LogP contribution in [0, 0.1) is 0 Å². The Balaban J connectivity index is 1.85. The summed E-state index contributed by atoms with van der Waals surface area (Å²) in [6.45, 7) is 0.451. The van der Waals surface area contributed by atoms with Crippen LogP contribution in [0.1, 0.15) is 22.7 Å². The first-order valence-electron chi connectivity index (χ1n) is 9.22. The van der Waals surface area contributed by atoms with Gasteiger partial charge >= 0.3 is 6.18 Å². The van der Waals surface area contributed by atoms with E-state index in [-0.39, 0.29) is 5.69 Å². The van der Waals surface area contributed by atoms with Gasteiger partial charge in [0, 0.05) is 17.3 Å². The molecule has 0 saturated heterocycles. The molecule has 0 fully saturated rings. The minimum absolute atomic E-state index is 0.0932. The van der Waals surface area contributed by atoms with Gasteiger partial charge in [0.25, 0.3) is 0 Å². The van der Waals surface area contributed by atoms with Crippen molar-refractivity contribution in [2.75, 3.05) is 12.4 Å². The van der Waals surface area contributed by atoms with E-state index < -0.39 is 23.7 Å². The standard InChI is InChI=1S/C23H20ClF3N2O/c1-29(15-16-10-12-19(24)13-11-16)21(17-6-3-2-4-7-17)22(30)28-20-9-5-8-18(14-20)23(25,26)27/h2-14,21H,15H2,1H3,(H,28,30). The van der Waals surface area contributed by atoms with Crippen LogP contribution in [0.3, 0.4) is 0 Å². The number of likely N-dealkylation sites (N-methyl/N-ethyl adjacent to an activating group) is 1. The summed E-state index contributed by atoms with van der Waals surface area (Å²) in [4.78, 5) is 14.9. The molecule has 0 aromatic heterocycles. The first-order valence-corrected chi connectivity index (χ1v) is 9.59. The molecule has 0 aliphatic carbocycles. The van der Waals surface area contributed by atoms with Crippen molar-refractivity contribution in [2.45, 2.75) is 18.8 Å². The molecule has 0 heterocycles. The van der Waals surface area contributed by atoms with Crippen molar-refractivity contribution in [1.29, 1.82) is 0 Å². The number of halogens is 4. The molecule has 30 heavy (non-hydrogen) atoms. The van der Waals surface area contributed by atoms with E-state index in [0.29, 0.717) is 11.6 Å². The summed E-state index contributed by atoms with van der Waals surface area (Å²) in [5, 5.41) is 3.24. The maximum atomic E-state index is 13.1. The number of nitrogens with one attached hydrogen (secondary N) is 1. The van der Waals surface area contributed by atoms with Crippen LogP contribution in [0.5, 0.6) is 0 Å². The van der Waals surface area contributed by atoms with Crippen LogP contribution in [0.15, 0.2) is 78.9 Å². The van der Waals surface area contributed by atoms with Crippen LogP contribution < -0.4 is 5.32 Å². The molecule has 3 nitrogen and oxygen atoms in total. The van der Waals surface area contributed by atoms with E-state index in [1.165, 1.54) is 12.1 Å². The van der Waals surface area contributed by atoms with Crippen LogP contribution in [0.4, 0.5) is 18.9 Å². The Morgan fingerprint density at radius 1 is 1.00 bits per heavy atom. The smallest absolute Gasteiger partial charge is 0.324 e. The molecule has 0 aliphatic rings. The predicted octanol–water partition coefficient (Wildman–Crippen LogP) is 6.17. The van der Waals surface area contributed by atoms with E-state index in [0.717, 1.165) is 23.3 Å². The third kappa shape index (κ3) is 5.62. The van der Waals surface area contributed by atoms with Gasteiger partial charge < -0.3 is 5.32 Å². The molecular weight excluding hydrogens is 413 g/mol. The SMILES string of the molecule is CN(Cc1ccc(Cl)cc1)C(C(=O)Nc1cccc(C(F)(F)F)c1)c1ccccc1. The van der Waals surface area contributed by atoms with E-state index in [9.17, 15) is 18.0 Å². The molecule has 0 spiro atoms. The first-order chi connectivity index (χ1) is 14.2. The average molecular weight is 433 g/mol. The van der Waals surface area contributed by atoms with Gasteiger partial charge in [-0.3, -0.25) is 9.69 Å². The number of carbonyl (C=O) groups excluding carboxylic acids is 1. The Kier molecular flexibility index (Phi) is 6.80. The number of rotatable bonds is 6. The van der Waals surface area contributed by atoms with E-state index in [2.05, 4.69) is 5.32 Å². The van der Waals surface area contributed by atoms with Gasteiger partial charge in [0.1, 0.15) is 6.04 Å². The second-order valence-corrected chi connectivity index (χ2v) is 7.36. The zero-order valence-corrected chi connectivity index (χ0v) is 16.9. The van der Waals surface area contributed by atoms with Crippen molar-refractivity contribution in [3.8, 4) is 0 Å². The van der Waals surface area contributed by atoms with Crippen LogP contribution in [-0.4, -0.2) is 17.9 Å². The number of hydrogen-bond donors (Lipinski definition) is 1. The number of benzene rings is 3.